The van der Waals surface area contributed by atoms with E-state index < -0.39 is 0 Å². The number of nitriles is 1. The fourth-order valence-electron chi connectivity index (χ4n) is 1.33. The van der Waals surface area contributed by atoms with Gasteiger partial charge >= 0.3 is 0 Å². The second-order valence-electron chi connectivity index (χ2n) is 3.19. The Balaban J connectivity index is 2.96. The van der Waals surface area contributed by atoms with Crippen molar-refractivity contribution < 1.29 is 4.39 Å². The van der Waals surface area contributed by atoms with E-state index in [9.17, 15) is 4.39 Å². The average Bonchev–Trinajstić information content (AvgIpc) is 2.09. The predicted molar refractivity (Wildman–Crippen MR) is 49.8 cm³/mol. The molecular formula is C11H12FN. The summed E-state index contributed by atoms with van der Waals surface area (Å²) in [6.07, 6.45) is 1.09. The Morgan fingerprint density at radius 3 is 2.62 bits per heavy atom. The zero-order chi connectivity index (χ0) is 9.84. The highest BCUT2D eigenvalue weighted by Crippen LogP contribution is 2.15. The van der Waals surface area contributed by atoms with Gasteiger partial charge in [-0.25, -0.2) is 4.39 Å². The van der Waals surface area contributed by atoms with Crippen molar-refractivity contribution in [2.45, 2.75) is 26.7 Å². The van der Waals surface area contributed by atoms with Crippen molar-refractivity contribution in [3.63, 3.8) is 0 Å². The van der Waals surface area contributed by atoms with Crippen molar-refractivity contribution in [3.05, 3.63) is 34.6 Å². The molecule has 1 aromatic rings. The molecule has 0 heterocycles. The van der Waals surface area contributed by atoms with E-state index in [0.717, 1.165) is 11.1 Å². The van der Waals surface area contributed by atoms with Gasteiger partial charge < -0.3 is 0 Å². The smallest absolute Gasteiger partial charge is 0.126 e. The zero-order valence-electron chi connectivity index (χ0n) is 7.89. The van der Waals surface area contributed by atoms with Crippen LogP contribution in [-0.2, 0) is 6.42 Å². The van der Waals surface area contributed by atoms with Crippen LogP contribution in [-0.4, -0.2) is 0 Å². The number of rotatable bonds is 2. The molecular weight excluding hydrogens is 165 g/mol. The highest BCUT2D eigenvalue weighted by Gasteiger charge is 2.03. The summed E-state index contributed by atoms with van der Waals surface area (Å²) in [5.41, 5.74) is 2.66. The first-order valence-electron chi connectivity index (χ1n) is 4.27. The van der Waals surface area contributed by atoms with E-state index >= 15 is 0 Å². The van der Waals surface area contributed by atoms with E-state index in [2.05, 4.69) is 6.07 Å². The number of hydrogen-bond donors (Lipinski definition) is 0. The highest BCUT2D eigenvalue weighted by atomic mass is 19.1. The van der Waals surface area contributed by atoms with Gasteiger partial charge in [0.15, 0.2) is 0 Å². The molecule has 68 valence electrons. The Morgan fingerprint density at radius 1 is 1.31 bits per heavy atom. The maximum Gasteiger partial charge on any atom is 0.126 e. The second-order valence-corrected chi connectivity index (χ2v) is 3.19. The molecule has 0 aromatic heterocycles. The lowest BCUT2D eigenvalue weighted by atomic mass is 10.0. The second kappa shape index (κ2) is 4.04. The van der Waals surface area contributed by atoms with E-state index in [1.807, 2.05) is 13.0 Å². The highest BCUT2D eigenvalue weighted by molar-refractivity contribution is 5.31. The minimum atomic E-state index is -0.182. The van der Waals surface area contributed by atoms with Crippen LogP contribution in [0.15, 0.2) is 12.1 Å². The molecule has 0 amide bonds. The van der Waals surface area contributed by atoms with E-state index in [1.165, 1.54) is 6.07 Å². The molecule has 0 N–H and O–H groups in total. The monoisotopic (exact) mass is 177 g/mol. The largest absolute Gasteiger partial charge is 0.207 e. The molecule has 2 heteroatoms. The van der Waals surface area contributed by atoms with Gasteiger partial charge in [-0.2, -0.15) is 5.26 Å². The predicted octanol–water partition coefficient (Wildman–Crippen LogP) is 2.90. The van der Waals surface area contributed by atoms with Crippen molar-refractivity contribution >= 4 is 0 Å². The molecule has 0 aliphatic rings. The van der Waals surface area contributed by atoms with E-state index in [0.29, 0.717) is 18.4 Å². The topological polar surface area (TPSA) is 23.8 Å². The van der Waals surface area contributed by atoms with Crippen LogP contribution in [0.4, 0.5) is 4.39 Å². The van der Waals surface area contributed by atoms with Gasteiger partial charge in [0.2, 0.25) is 0 Å². The molecule has 0 atom stereocenters. The Labute approximate surface area is 77.8 Å². The Hall–Kier alpha value is -1.36. The fraction of sp³-hybridized carbons (Fsp3) is 0.364. The summed E-state index contributed by atoms with van der Waals surface area (Å²) in [6, 6.07) is 5.41. The third-order valence-corrected chi connectivity index (χ3v) is 2.12. The molecule has 0 fully saturated rings. The molecule has 0 radical (unpaired) electrons. The minimum Gasteiger partial charge on any atom is -0.207 e. The fourth-order valence-corrected chi connectivity index (χ4v) is 1.33. The third-order valence-electron chi connectivity index (χ3n) is 2.12. The summed E-state index contributed by atoms with van der Waals surface area (Å²) in [5, 5.41) is 8.40. The summed E-state index contributed by atoms with van der Waals surface area (Å²) < 4.78 is 13.1. The SMILES string of the molecule is Cc1cc(C)c(CCC#N)cc1F. The van der Waals surface area contributed by atoms with Crippen LogP contribution >= 0.6 is 0 Å². The molecule has 0 spiro atoms. The first kappa shape index (κ1) is 9.73. The van der Waals surface area contributed by atoms with Gasteiger partial charge in [0.1, 0.15) is 5.82 Å². The van der Waals surface area contributed by atoms with Crippen molar-refractivity contribution in [3.8, 4) is 6.07 Å². The van der Waals surface area contributed by atoms with E-state index in [4.69, 9.17) is 5.26 Å². The Bertz CT molecular complexity index is 350. The maximum absolute atomic E-state index is 13.1. The first-order chi connectivity index (χ1) is 6.15. The summed E-state index contributed by atoms with van der Waals surface area (Å²) in [7, 11) is 0. The van der Waals surface area contributed by atoms with Gasteiger partial charge in [-0.1, -0.05) is 6.07 Å². The summed E-state index contributed by atoms with van der Waals surface area (Å²) in [5.74, 6) is -0.182. The maximum atomic E-state index is 13.1. The van der Waals surface area contributed by atoms with Gasteiger partial charge in [0, 0.05) is 6.42 Å². The lowest BCUT2D eigenvalue weighted by Gasteiger charge is -2.05. The Morgan fingerprint density at radius 2 is 2.00 bits per heavy atom. The van der Waals surface area contributed by atoms with Crippen LogP contribution in [0.5, 0.6) is 0 Å². The van der Waals surface area contributed by atoms with Crippen molar-refractivity contribution in [2.24, 2.45) is 0 Å². The molecule has 0 aliphatic heterocycles. The molecule has 0 unspecified atom stereocenters. The van der Waals surface area contributed by atoms with Gasteiger partial charge in [0.05, 0.1) is 6.07 Å². The number of aryl methyl sites for hydroxylation is 3. The van der Waals surface area contributed by atoms with Crippen molar-refractivity contribution in [1.82, 2.24) is 0 Å². The van der Waals surface area contributed by atoms with Crippen molar-refractivity contribution in [1.29, 1.82) is 5.26 Å². The molecule has 1 rings (SSSR count). The number of halogens is 1. The summed E-state index contributed by atoms with van der Waals surface area (Å²) in [4.78, 5) is 0. The number of hydrogen-bond acceptors (Lipinski definition) is 1. The summed E-state index contributed by atoms with van der Waals surface area (Å²) >= 11 is 0. The molecule has 13 heavy (non-hydrogen) atoms. The third kappa shape index (κ3) is 2.29. The van der Waals surface area contributed by atoms with Crippen LogP contribution in [0.25, 0.3) is 0 Å². The van der Waals surface area contributed by atoms with Crippen LogP contribution < -0.4 is 0 Å². The van der Waals surface area contributed by atoms with Crippen LogP contribution in [0.3, 0.4) is 0 Å². The van der Waals surface area contributed by atoms with Gasteiger partial charge in [0.25, 0.3) is 0 Å². The normalized spacial score (nSPS) is 9.69. The standard InChI is InChI=1S/C11H12FN/c1-8-6-9(2)11(12)7-10(8)4-3-5-13/h6-7H,3-4H2,1-2H3. The zero-order valence-corrected chi connectivity index (χ0v) is 7.89. The van der Waals surface area contributed by atoms with Crippen LogP contribution in [0.1, 0.15) is 23.1 Å². The van der Waals surface area contributed by atoms with Gasteiger partial charge in [-0.3, -0.25) is 0 Å². The first-order valence-corrected chi connectivity index (χ1v) is 4.27. The Kier molecular flexibility index (Phi) is 3.02. The van der Waals surface area contributed by atoms with Crippen LogP contribution in [0.2, 0.25) is 0 Å². The molecule has 0 aliphatic carbocycles. The summed E-state index contributed by atoms with van der Waals surface area (Å²) in [6.45, 7) is 3.69. The molecule has 1 nitrogen and oxygen atoms in total. The lowest BCUT2D eigenvalue weighted by Crippen LogP contribution is -1.93. The molecule has 0 bridgehead atoms. The van der Waals surface area contributed by atoms with Crippen molar-refractivity contribution in [2.75, 3.05) is 0 Å². The van der Waals surface area contributed by atoms with E-state index in [-0.39, 0.29) is 5.82 Å². The lowest BCUT2D eigenvalue weighted by molar-refractivity contribution is 0.615. The molecule has 0 saturated carbocycles. The van der Waals surface area contributed by atoms with Gasteiger partial charge in [-0.15, -0.1) is 0 Å². The quantitative estimate of drug-likeness (QED) is 0.681. The number of benzene rings is 1. The molecule has 0 saturated heterocycles. The van der Waals surface area contributed by atoms with Gasteiger partial charge in [-0.05, 0) is 43.0 Å². The number of nitrogens with zero attached hydrogens (tertiary/aromatic N) is 1. The minimum absolute atomic E-state index is 0.182. The molecule has 1 aromatic carbocycles. The van der Waals surface area contributed by atoms with Crippen LogP contribution in [0, 0.1) is 31.0 Å². The average molecular weight is 177 g/mol. The van der Waals surface area contributed by atoms with E-state index in [1.54, 1.807) is 6.92 Å².